The van der Waals surface area contributed by atoms with Crippen LogP contribution in [-0.4, -0.2) is 30.7 Å². The highest BCUT2D eigenvalue weighted by Crippen LogP contribution is 2.23. The van der Waals surface area contributed by atoms with Crippen LogP contribution in [0.5, 0.6) is 0 Å². The third-order valence-corrected chi connectivity index (χ3v) is 1.85. The average molecular weight is 172 g/mol. The summed E-state index contributed by atoms with van der Waals surface area (Å²) in [7, 11) is 0. The Morgan fingerprint density at radius 1 is 1.58 bits per heavy atom. The minimum atomic E-state index is -0.294. The molecule has 0 bridgehead atoms. The first-order valence-corrected chi connectivity index (χ1v) is 4.45. The fourth-order valence-corrected chi connectivity index (χ4v) is 1.32. The van der Waals surface area contributed by atoms with E-state index in [-0.39, 0.29) is 24.1 Å². The minimum Gasteiger partial charge on any atom is -0.372 e. The van der Waals surface area contributed by atoms with Crippen LogP contribution in [0.25, 0.3) is 0 Å². The quantitative estimate of drug-likeness (QED) is 0.638. The summed E-state index contributed by atoms with van der Waals surface area (Å²) >= 11 is 0. The van der Waals surface area contributed by atoms with E-state index in [1.54, 1.807) is 0 Å². The second-order valence-corrected chi connectivity index (χ2v) is 3.27. The number of carbonyl (C=O) groups is 1. The Bertz CT molecular complexity index is 165. The van der Waals surface area contributed by atoms with Crippen molar-refractivity contribution in [3.8, 4) is 0 Å². The zero-order valence-electron chi connectivity index (χ0n) is 7.87. The number of ketones is 1. The maximum absolute atomic E-state index is 11.0. The van der Waals surface area contributed by atoms with Crippen LogP contribution in [0, 0.1) is 0 Å². The molecule has 0 spiro atoms. The SMILES string of the molecule is CCOC1C(=O)CC1OC(C)C. The van der Waals surface area contributed by atoms with E-state index in [1.807, 2.05) is 20.8 Å². The molecule has 12 heavy (non-hydrogen) atoms. The molecule has 0 aromatic carbocycles. The van der Waals surface area contributed by atoms with E-state index >= 15 is 0 Å². The molecule has 3 heteroatoms. The molecule has 0 aliphatic heterocycles. The normalized spacial score (nSPS) is 29.2. The van der Waals surface area contributed by atoms with Crippen molar-refractivity contribution in [1.29, 1.82) is 0 Å². The zero-order chi connectivity index (χ0) is 9.14. The molecule has 2 atom stereocenters. The summed E-state index contributed by atoms with van der Waals surface area (Å²) in [4.78, 5) is 11.0. The van der Waals surface area contributed by atoms with Gasteiger partial charge in [-0.05, 0) is 20.8 Å². The molecule has 0 N–H and O–H groups in total. The van der Waals surface area contributed by atoms with Gasteiger partial charge in [-0.2, -0.15) is 0 Å². The fourth-order valence-electron chi connectivity index (χ4n) is 1.32. The molecule has 1 rings (SSSR count). The maximum Gasteiger partial charge on any atom is 0.166 e. The molecule has 0 aromatic heterocycles. The third kappa shape index (κ3) is 2.05. The minimum absolute atomic E-state index is 0.00236. The van der Waals surface area contributed by atoms with Gasteiger partial charge in [-0.3, -0.25) is 4.79 Å². The summed E-state index contributed by atoms with van der Waals surface area (Å²) in [6, 6.07) is 0. The van der Waals surface area contributed by atoms with Crippen LogP contribution in [0.2, 0.25) is 0 Å². The molecule has 0 radical (unpaired) electrons. The standard InChI is InChI=1S/C9H16O3/c1-4-11-9-7(10)5-8(9)12-6(2)3/h6,8-9H,4-5H2,1-3H3. The lowest BCUT2D eigenvalue weighted by molar-refractivity contribution is -0.170. The highest BCUT2D eigenvalue weighted by molar-refractivity contribution is 5.90. The van der Waals surface area contributed by atoms with Crippen molar-refractivity contribution in [1.82, 2.24) is 0 Å². The van der Waals surface area contributed by atoms with Crippen LogP contribution in [0.4, 0.5) is 0 Å². The fraction of sp³-hybridized carbons (Fsp3) is 0.889. The van der Waals surface area contributed by atoms with Crippen LogP contribution in [-0.2, 0) is 14.3 Å². The lowest BCUT2D eigenvalue weighted by atomic mass is 9.90. The first kappa shape index (κ1) is 9.68. The van der Waals surface area contributed by atoms with Crippen molar-refractivity contribution < 1.29 is 14.3 Å². The molecule has 1 fully saturated rings. The van der Waals surface area contributed by atoms with E-state index < -0.39 is 0 Å². The van der Waals surface area contributed by atoms with Crippen molar-refractivity contribution in [3.63, 3.8) is 0 Å². The van der Waals surface area contributed by atoms with Gasteiger partial charge < -0.3 is 9.47 Å². The Hall–Kier alpha value is -0.410. The Morgan fingerprint density at radius 3 is 2.67 bits per heavy atom. The van der Waals surface area contributed by atoms with Crippen LogP contribution in [0.15, 0.2) is 0 Å². The van der Waals surface area contributed by atoms with Crippen molar-refractivity contribution in [2.45, 2.75) is 45.5 Å². The molecule has 1 saturated carbocycles. The van der Waals surface area contributed by atoms with Crippen LogP contribution < -0.4 is 0 Å². The van der Waals surface area contributed by atoms with Gasteiger partial charge in [0.05, 0.1) is 12.2 Å². The Labute approximate surface area is 73.0 Å². The van der Waals surface area contributed by atoms with Crippen molar-refractivity contribution in [2.24, 2.45) is 0 Å². The summed E-state index contributed by atoms with van der Waals surface area (Å²) in [5.74, 6) is 0.169. The first-order valence-electron chi connectivity index (χ1n) is 4.45. The van der Waals surface area contributed by atoms with Gasteiger partial charge in [-0.25, -0.2) is 0 Å². The lowest BCUT2D eigenvalue weighted by Crippen LogP contribution is -2.51. The molecule has 70 valence electrons. The van der Waals surface area contributed by atoms with E-state index in [4.69, 9.17) is 9.47 Å². The lowest BCUT2D eigenvalue weighted by Gasteiger charge is -2.35. The molecule has 0 aromatic rings. The van der Waals surface area contributed by atoms with E-state index in [0.717, 1.165) is 0 Å². The summed E-state index contributed by atoms with van der Waals surface area (Å²) in [5.41, 5.74) is 0. The van der Waals surface area contributed by atoms with Gasteiger partial charge in [0, 0.05) is 13.0 Å². The summed E-state index contributed by atoms with van der Waals surface area (Å²) in [5, 5.41) is 0. The summed E-state index contributed by atoms with van der Waals surface area (Å²) < 4.78 is 10.7. The van der Waals surface area contributed by atoms with E-state index in [0.29, 0.717) is 13.0 Å². The molecule has 1 aliphatic rings. The van der Waals surface area contributed by atoms with Gasteiger partial charge in [-0.1, -0.05) is 0 Å². The number of carbonyl (C=O) groups excluding carboxylic acids is 1. The van der Waals surface area contributed by atoms with Crippen molar-refractivity contribution >= 4 is 5.78 Å². The molecule has 1 aliphatic carbocycles. The predicted octanol–water partition coefficient (Wildman–Crippen LogP) is 1.16. The van der Waals surface area contributed by atoms with Gasteiger partial charge in [-0.15, -0.1) is 0 Å². The number of ether oxygens (including phenoxy) is 2. The Balaban J connectivity index is 2.32. The van der Waals surface area contributed by atoms with Crippen LogP contribution in [0.3, 0.4) is 0 Å². The largest absolute Gasteiger partial charge is 0.372 e. The van der Waals surface area contributed by atoms with Gasteiger partial charge in [0.2, 0.25) is 0 Å². The van der Waals surface area contributed by atoms with E-state index in [1.165, 1.54) is 0 Å². The summed E-state index contributed by atoms with van der Waals surface area (Å²) in [6.07, 6.45) is 0.393. The highest BCUT2D eigenvalue weighted by Gasteiger charge is 2.41. The second-order valence-electron chi connectivity index (χ2n) is 3.27. The Morgan fingerprint density at radius 2 is 2.25 bits per heavy atom. The number of hydrogen-bond donors (Lipinski definition) is 0. The highest BCUT2D eigenvalue weighted by atomic mass is 16.6. The Kier molecular flexibility index (Phi) is 3.23. The van der Waals surface area contributed by atoms with E-state index in [9.17, 15) is 4.79 Å². The number of Topliss-reactive ketones (excluding diaryl/α,β-unsaturated/α-hetero) is 1. The molecular weight excluding hydrogens is 156 g/mol. The molecule has 0 heterocycles. The molecule has 3 nitrogen and oxygen atoms in total. The number of hydrogen-bond acceptors (Lipinski definition) is 3. The maximum atomic E-state index is 11.0. The molecular formula is C9H16O3. The zero-order valence-corrected chi connectivity index (χ0v) is 7.87. The number of rotatable bonds is 4. The van der Waals surface area contributed by atoms with Gasteiger partial charge in [0.1, 0.15) is 6.10 Å². The van der Waals surface area contributed by atoms with Gasteiger partial charge in [0.15, 0.2) is 5.78 Å². The molecule has 2 unspecified atom stereocenters. The monoisotopic (exact) mass is 172 g/mol. The second kappa shape index (κ2) is 4.01. The van der Waals surface area contributed by atoms with E-state index in [2.05, 4.69) is 0 Å². The topological polar surface area (TPSA) is 35.5 Å². The van der Waals surface area contributed by atoms with Crippen molar-refractivity contribution in [2.75, 3.05) is 6.61 Å². The molecule has 0 amide bonds. The first-order chi connectivity index (χ1) is 5.65. The average Bonchev–Trinajstić information content (AvgIpc) is 1.99. The smallest absolute Gasteiger partial charge is 0.166 e. The third-order valence-electron chi connectivity index (χ3n) is 1.85. The van der Waals surface area contributed by atoms with Gasteiger partial charge in [0.25, 0.3) is 0 Å². The summed E-state index contributed by atoms with van der Waals surface area (Å²) in [6.45, 7) is 6.39. The molecule has 0 saturated heterocycles. The van der Waals surface area contributed by atoms with Crippen LogP contribution >= 0.6 is 0 Å². The van der Waals surface area contributed by atoms with Crippen LogP contribution in [0.1, 0.15) is 27.2 Å². The van der Waals surface area contributed by atoms with Crippen molar-refractivity contribution in [3.05, 3.63) is 0 Å². The van der Waals surface area contributed by atoms with Gasteiger partial charge >= 0.3 is 0 Å². The predicted molar refractivity (Wildman–Crippen MR) is 45.0 cm³/mol.